The maximum Gasteiger partial charge on any atom is 0.00694 e. The number of piperidine rings is 1. The Kier molecular flexibility index (Phi) is 6.26. The van der Waals surface area contributed by atoms with Gasteiger partial charge in [-0.15, -0.1) is 0 Å². The molecule has 0 aromatic heterocycles. The van der Waals surface area contributed by atoms with Crippen LogP contribution >= 0.6 is 0 Å². The third kappa shape index (κ3) is 4.98. The van der Waals surface area contributed by atoms with Gasteiger partial charge in [0.05, 0.1) is 0 Å². The Morgan fingerprint density at radius 1 is 1.27 bits per heavy atom. The second-order valence-corrected chi connectivity index (χ2v) is 5.08. The van der Waals surface area contributed by atoms with Crippen molar-refractivity contribution in [3.8, 4) is 0 Å². The van der Waals surface area contributed by atoms with E-state index < -0.39 is 0 Å². The topological polar surface area (TPSA) is 15.3 Å². The summed E-state index contributed by atoms with van der Waals surface area (Å²) in [5.41, 5.74) is 0. The quantitative estimate of drug-likeness (QED) is 0.681. The van der Waals surface area contributed by atoms with Crippen molar-refractivity contribution in [3.63, 3.8) is 0 Å². The highest BCUT2D eigenvalue weighted by Crippen LogP contribution is 2.22. The zero-order chi connectivity index (χ0) is 11.1. The Bertz CT molecular complexity index is 159. The number of likely N-dealkylation sites (tertiary alicyclic amines) is 1. The van der Waals surface area contributed by atoms with E-state index in [0.717, 1.165) is 18.5 Å². The molecule has 0 radical (unpaired) electrons. The van der Waals surface area contributed by atoms with Gasteiger partial charge in [0.2, 0.25) is 0 Å². The maximum absolute atomic E-state index is 3.39. The van der Waals surface area contributed by atoms with E-state index in [9.17, 15) is 0 Å². The average Bonchev–Trinajstić information content (AvgIpc) is 2.20. The molecule has 0 aromatic carbocycles. The van der Waals surface area contributed by atoms with Gasteiger partial charge in [-0.25, -0.2) is 0 Å². The van der Waals surface area contributed by atoms with E-state index in [2.05, 4.69) is 31.0 Å². The summed E-state index contributed by atoms with van der Waals surface area (Å²) >= 11 is 0. The average molecular weight is 212 g/mol. The molecule has 2 unspecified atom stereocenters. The van der Waals surface area contributed by atoms with Gasteiger partial charge >= 0.3 is 0 Å². The van der Waals surface area contributed by atoms with Gasteiger partial charge in [-0.2, -0.15) is 0 Å². The van der Waals surface area contributed by atoms with Crippen LogP contribution in [0.2, 0.25) is 0 Å². The first kappa shape index (κ1) is 13.0. The van der Waals surface area contributed by atoms with E-state index in [4.69, 9.17) is 0 Å². The van der Waals surface area contributed by atoms with Crippen LogP contribution in [0.25, 0.3) is 0 Å². The molecule has 1 saturated heterocycles. The SMILES string of the molecule is CCNCCCCN1CCC(C)CC1C. The molecule has 1 N–H and O–H groups in total. The monoisotopic (exact) mass is 212 g/mol. The fraction of sp³-hybridized carbons (Fsp3) is 1.00. The lowest BCUT2D eigenvalue weighted by Gasteiger charge is -2.36. The minimum atomic E-state index is 0.813. The summed E-state index contributed by atoms with van der Waals surface area (Å²) in [6.45, 7) is 11.9. The lowest BCUT2D eigenvalue weighted by molar-refractivity contribution is 0.127. The maximum atomic E-state index is 3.39. The Morgan fingerprint density at radius 2 is 2.07 bits per heavy atom. The van der Waals surface area contributed by atoms with Crippen molar-refractivity contribution in [2.24, 2.45) is 5.92 Å². The summed E-state index contributed by atoms with van der Waals surface area (Å²) in [5, 5.41) is 3.39. The predicted octanol–water partition coefficient (Wildman–Crippen LogP) is 2.50. The first-order chi connectivity index (χ1) is 7.24. The van der Waals surface area contributed by atoms with Crippen molar-refractivity contribution in [3.05, 3.63) is 0 Å². The summed E-state index contributed by atoms with van der Waals surface area (Å²) in [6, 6.07) is 0.813. The summed E-state index contributed by atoms with van der Waals surface area (Å²) in [4.78, 5) is 2.67. The highest BCUT2D eigenvalue weighted by Gasteiger charge is 2.21. The second-order valence-electron chi connectivity index (χ2n) is 5.08. The van der Waals surface area contributed by atoms with Crippen LogP contribution in [0.1, 0.15) is 46.5 Å². The Hall–Kier alpha value is -0.0800. The van der Waals surface area contributed by atoms with E-state index in [1.165, 1.54) is 45.3 Å². The molecule has 0 aliphatic carbocycles. The number of nitrogens with zero attached hydrogens (tertiary/aromatic N) is 1. The van der Waals surface area contributed by atoms with E-state index in [1.54, 1.807) is 0 Å². The first-order valence-corrected chi connectivity index (χ1v) is 6.68. The second kappa shape index (κ2) is 7.24. The van der Waals surface area contributed by atoms with Crippen LogP contribution < -0.4 is 5.32 Å². The normalized spacial score (nSPS) is 28.2. The van der Waals surface area contributed by atoms with Crippen LogP contribution in [0.5, 0.6) is 0 Å². The number of rotatable bonds is 6. The molecule has 2 nitrogen and oxygen atoms in total. The third-order valence-corrected chi connectivity index (χ3v) is 3.57. The molecule has 0 amide bonds. The molecule has 90 valence electrons. The Labute approximate surface area is 95.4 Å². The molecule has 1 rings (SSSR count). The Balaban J connectivity index is 2.05. The number of hydrogen-bond acceptors (Lipinski definition) is 2. The fourth-order valence-electron chi connectivity index (χ4n) is 2.53. The summed E-state index contributed by atoms with van der Waals surface area (Å²) in [7, 11) is 0. The van der Waals surface area contributed by atoms with Gasteiger partial charge in [-0.1, -0.05) is 13.8 Å². The molecule has 15 heavy (non-hydrogen) atoms. The molecule has 0 saturated carbocycles. The fourth-order valence-corrected chi connectivity index (χ4v) is 2.53. The van der Waals surface area contributed by atoms with Gasteiger partial charge < -0.3 is 10.2 Å². The van der Waals surface area contributed by atoms with Gasteiger partial charge in [-0.3, -0.25) is 0 Å². The molecule has 1 aliphatic rings. The predicted molar refractivity (Wildman–Crippen MR) is 67.2 cm³/mol. The standard InChI is InChI=1S/C13H28N2/c1-4-14-8-5-6-9-15-10-7-12(2)11-13(15)3/h12-14H,4-11H2,1-3H3. The first-order valence-electron chi connectivity index (χ1n) is 6.68. The van der Waals surface area contributed by atoms with Crippen molar-refractivity contribution < 1.29 is 0 Å². The summed E-state index contributed by atoms with van der Waals surface area (Å²) in [6.07, 6.45) is 5.48. The van der Waals surface area contributed by atoms with Crippen LogP contribution in [-0.4, -0.2) is 37.1 Å². The van der Waals surface area contributed by atoms with Gasteiger partial charge in [0, 0.05) is 6.04 Å². The van der Waals surface area contributed by atoms with Gasteiger partial charge in [0.15, 0.2) is 0 Å². The van der Waals surface area contributed by atoms with Crippen LogP contribution in [0.3, 0.4) is 0 Å². The van der Waals surface area contributed by atoms with E-state index in [1.807, 2.05) is 0 Å². The van der Waals surface area contributed by atoms with Crippen LogP contribution in [-0.2, 0) is 0 Å². The number of hydrogen-bond donors (Lipinski definition) is 1. The van der Waals surface area contributed by atoms with E-state index >= 15 is 0 Å². The molecular weight excluding hydrogens is 184 g/mol. The molecule has 2 heteroatoms. The van der Waals surface area contributed by atoms with Crippen LogP contribution in [0, 0.1) is 5.92 Å². The van der Waals surface area contributed by atoms with Crippen molar-refractivity contribution in [1.29, 1.82) is 0 Å². The minimum absolute atomic E-state index is 0.813. The summed E-state index contributed by atoms with van der Waals surface area (Å²) in [5.74, 6) is 0.943. The molecule has 1 fully saturated rings. The Morgan fingerprint density at radius 3 is 2.73 bits per heavy atom. The molecule has 1 heterocycles. The van der Waals surface area contributed by atoms with Crippen LogP contribution in [0.4, 0.5) is 0 Å². The van der Waals surface area contributed by atoms with Gasteiger partial charge in [-0.05, 0) is 64.7 Å². The summed E-state index contributed by atoms with van der Waals surface area (Å²) < 4.78 is 0. The van der Waals surface area contributed by atoms with Crippen molar-refractivity contribution >= 4 is 0 Å². The zero-order valence-corrected chi connectivity index (χ0v) is 10.8. The van der Waals surface area contributed by atoms with E-state index in [0.29, 0.717) is 0 Å². The lowest BCUT2D eigenvalue weighted by Crippen LogP contribution is -2.40. The molecule has 2 atom stereocenters. The van der Waals surface area contributed by atoms with Gasteiger partial charge in [0.25, 0.3) is 0 Å². The third-order valence-electron chi connectivity index (χ3n) is 3.57. The van der Waals surface area contributed by atoms with Crippen molar-refractivity contribution in [2.75, 3.05) is 26.2 Å². The number of nitrogens with one attached hydrogen (secondary N) is 1. The highest BCUT2D eigenvalue weighted by molar-refractivity contribution is 4.76. The molecule has 0 aromatic rings. The highest BCUT2D eigenvalue weighted by atomic mass is 15.2. The largest absolute Gasteiger partial charge is 0.317 e. The lowest BCUT2D eigenvalue weighted by atomic mass is 9.93. The zero-order valence-electron chi connectivity index (χ0n) is 10.8. The van der Waals surface area contributed by atoms with Crippen molar-refractivity contribution in [1.82, 2.24) is 10.2 Å². The molecule has 0 bridgehead atoms. The smallest absolute Gasteiger partial charge is 0.00694 e. The van der Waals surface area contributed by atoms with Gasteiger partial charge in [0.1, 0.15) is 0 Å². The molecular formula is C13H28N2. The van der Waals surface area contributed by atoms with Crippen molar-refractivity contribution in [2.45, 2.75) is 52.5 Å². The van der Waals surface area contributed by atoms with E-state index in [-0.39, 0.29) is 0 Å². The van der Waals surface area contributed by atoms with Crippen LogP contribution in [0.15, 0.2) is 0 Å². The molecule has 0 spiro atoms. The number of unbranched alkanes of at least 4 members (excludes halogenated alkanes) is 1. The minimum Gasteiger partial charge on any atom is -0.317 e. The molecule has 1 aliphatic heterocycles.